The maximum Gasteiger partial charge on any atom is 0.340 e. The maximum atomic E-state index is 13.3. The molecule has 0 bridgehead atoms. The van der Waals surface area contributed by atoms with Gasteiger partial charge in [0.25, 0.3) is 5.91 Å². The number of ether oxygens (including phenoxy) is 2. The number of hydrogen-bond donors (Lipinski definition) is 0. The third-order valence-corrected chi connectivity index (χ3v) is 5.04. The van der Waals surface area contributed by atoms with Crippen LogP contribution in [0.3, 0.4) is 0 Å². The van der Waals surface area contributed by atoms with Gasteiger partial charge in [-0.2, -0.15) is 0 Å². The summed E-state index contributed by atoms with van der Waals surface area (Å²) in [7, 11) is 1.32. The first kappa shape index (κ1) is 20.4. The van der Waals surface area contributed by atoms with Gasteiger partial charge in [0.05, 0.1) is 24.9 Å². The smallest absolute Gasteiger partial charge is 0.340 e. The first-order chi connectivity index (χ1) is 13.9. The molecule has 1 amide bonds. The number of nitrogens with zero attached hydrogens (tertiary/aromatic N) is 1. The average molecular weight is 391 g/mol. The molecular formula is C24H25NO4. The Labute approximate surface area is 171 Å². The Hall–Kier alpha value is -3.34. The Bertz CT molecular complexity index is 1020. The maximum absolute atomic E-state index is 13.3. The van der Waals surface area contributed by atoms with E-state index in [1.54, 1.807) is 17.9 Å². The van der Waals surface area contributed by atoms with Gasteiger partial charge in [-0.25, -0.2) is 4.79 Å². The predicted molar refractivity (Wildman–Crippen MR) is 114 cm³/mol. The number of methoxy groups -OCH3 is 1. The van der Waals surface area contributed by atoms with E-state index in [0.717, 1.165) is 28.1 Å². The Morgan fingerprint density at radius 2 is 1.72 bits per heavy atom. The van der Waals surface area contributed by atoms with Crippen LogP contribution in [-0.4, -0.2) is 25.6 Å². The van der Waals surface area contributed by atoms with Crippen molar-refractivity contribution in [3.05, 3.63) is 76.0 Å². The van der Waals surface area contributed by atoms with Crippen molar-refractivity contribution in [2.24, 2.45) is 0 Å². The first-order valence-electron chi connectivity index (χ1n) is 9.53. The van der Waals surface area contributed by atoms with Gasteiger partial charge in [0.2, 0.25) is 0 Å². The second-order valence-electron chi connectivity index (χ2n) is 6.92. The van der Waals surface area contributed by atoms with Crippen LogP contribution in [0.25, 0.3) is 6.08 Å². The summed E-state index contributed by atoms with van der Waals surface area (Å²) in [5.41, 5.74) is 4.90. The van der Waals surface area contributed by atoms with E-state index in [4.69, 9.17) is 9.47 Å². The van der Waals surface area contributed by atoms with Gasteiger partial charge in [-0.05, 0) is 74.7 Å². The number of esters is 1. The van der Waals surface area contributed by atoms with E-state index < -0.39 is 5.97 Å². The van der Waals surface area contributed by atoms with Gasteiger partial charge in [-0.15, -0.1) is 0 Å². The molecule has 150 valence electrons. The molecule has 0 saturated heterocycles. The fourth-order valence-corrected chi connectivity index (χ4v) is 3.35. The summed E-state index contributed by atoms with van der Waals surface area (Å²) in [6, 6.07) is 13.2. The minimum absolute atomic E-state index is 0.250. The van der Waals surface area contributed by atoms with E-state index in [0.29, 0.717) is 17.9 Å². The molecule has 0 fully saturated rings. The molecule has 0 spiro atoms. The topological polar surface area (TPSA) is 55.8 Å². The lowest BCUT2D eigenvalue weighted by Gasteiger charge is -2.19. The van der Waals surface area contributed by atoms with Crippen molar-refractivity contribution in [3.8, 4) is 5.75 Å². The molecule has 5 heteroatoms. The molecule has 2 aromatic carbocycles. The number of amides is 1. The first-order valence-corrected chi connectivity index (χ1v) is 9.53. The van der Waals surface area contributed by atoms with Crippen molar-refractivity contribution in [3.63, 3.8) is 0 Å². The van der Waals surface area contributed by atoms with Crippen molar-refractivity contribution in [2.45, 2.75) is 27.7 Å². The normalized spacial score (nSPS) is 15.3. The zero-order valence-electron chi connectivity index (χ0n) is 17.4. The standard InChI is InChI=1S/C24H25NO4/c1-6-29-20-11-8-18(9-12-20)14-21-22(24(27)28-5)17(4)25(23(21)26)19-10-7-15(2)16(3)13-19/h7-14H,6H2,1-5H3/b21-14-. The number of anilines is 1. The van der Waals surface area contributed by atoms with E-state index in [1.165, 1.54) is 7.11 Å². The third-order valence-electron chi connectivity index (χ3n) is 5.04. The predicted octanol–water partition coefficient (Wildman–Crippen LogP) is 4.58. The Balaban J connectivity index is 2.07. The quantitative estimate of drug-likeness (QED) is 0.553. The van der Waals surface area contributed by atoms with E-state index in [-0.39, 0.29) is 11.5 Å². The molecule has 0 saturated carbocycles. The molecule has 1 aliphatic rings. The van der Waals surface area contributed by atoms with E-state index in [1.807, 2.05) is 63.2 Å². The number of rotatable bonds is 5. The Morgan fingerprint density at radius 1 is 1.03 bits per heavy atom. The summed E-state index contributed by atoms with van der Waals surface area (Å²) in [4.78, 5) is 27.4. The largest absolute Gasteiger partial charge is 0.494 e. The lowest BCUT2D eigenvalue weighted by atomic mass is 10.0. The van der Waals surface area contributed by atoms with Crippen LogP contribution in [0.15, 0.2) is 59.3 Å². The highest BCUT2D eigenvalue weighted by Gasteiger charge is 2.37. The number of benzene rings is 2. The molecule has 0 radical (unpaired) electrons. The molecule has 0 atom stereocenters. The van der Waals surface area contributed by atoms with Gasteiger partial charge in [0, 0.05) is 11.4 Å². The molecular weight excluding hydrogens is 366 g/mol. The van der Waals surface area contributed by atoms with Crippen LogP contribution in [0.4, 0.5) is 5.69 Å². The summed E-state index contributed by atoms with van der Waals surface area (Å²) in [6.07, 6.45) is 1.72. The van der Waals surface area contributed by atoms with Crippen LogP contribution in [0, 0.1) is 13.8 Å². The summed E-state index contributed by atoms with van der Waals surface area (Å²) < 4.78 is 10.4. The second kappa shape index (κ2) is 8.35. The van der Waals surface area contributed by atoms with Crippen molar-refractivity contribution in [1.29, 1.82) is 0 Å². The van der Waals surface area contributed by atoms with Crippen LogP contribution in [0.5, 0.6) is 5.75 Å². The number of allylic oxidation sites excluding steroid dienone is 1. The number of aryl methyl sites for hydroxylation is 2. The third kappa shape index (κ3) is 3.94. The molecule has 1 aliphatic heterocycles. The van der Waals surface area contributed by atoms with E-state index in [9.17, 15) is 9.59 Å². The Kier molecular flexibility index (Phi) is 5.87. The van der Waals surface area contributed by atoms with Gasteiger partial charge < -0.3 is 9.47 Å². The van der Waals surface area contributed by atoms with Crippen molar-refractivity contribution in [1.82, 2.24) is 0 Å². The van der Waals surface area contributed by atoms with Crippen LogP contribution < -0.4 is 9.64 Å². The summed E-state index contributed by atoms with van der Waals surface area (Å²) in [6.45, 7) is 8.28. The van der Waals surface area contributed by atoms with Crippen LogP contribution in [-0.2, 0) is 14.3 Å². The van der Waals surface area contributed by atoms with Gasteiger partial charge in [-0.1, -0.05) is 18.2 Å². The lowest BCUT2D eigenvalue weighted by Crippen LogP contribution is -2.24. The molecule has 2 aromatic rings. The highest BCUT2D eigenvalue weighted by molar-refractivity contribution is 6.23. The average Bonchev–Trinajstić information content (AvgIpc) is 2.95. The zero-order valence-corrected chi connectivity index (χ0v) is 17.4. The summed E-state index contributed by atoms with van der Waals surface area (Å²) in [5.74, 6) is -0.0246. The molecule has 0 unspecified atom stereocenters. The second-order valence-corrected chi connectivity index (χ2v) is 6.92. The van der Waals surface area contributed by atoms with Crippen molar-refractivity contribution < 1.29 is 19.1 Å². The minimum atomic E-state index is -0.528. The highest BCUT2D eigenvalue weighted by atomic mass is 16.5. The number of carbonyl (C=O) groups excluding carboxylic acids is 2. The molecule has 0 aliphatic carbocycles. The molecule has 29 heavy (non-hydrogen) atoms. The van der Waals surface area contributed by atoms with Crippen molar-refractivity contribution >= 4 is 23.6 Å². The lowest BCUT2D eigenvalue weighted by molar-refractivity contribution is -0.136. The van der Waals surface area contributed by atoms with Gasteiger partial charge >= 0.3 is 5.97 Å². The molecule has 0 aromatic heterocycles. The molecule has 5 nitrogen and oxygen atoms in total. The highest BCUT2D eigenvalue weighted by Crippen LogP contribution is 2.36. The van der Waals surface area contributed by atoms with Crippen LogP contribution in [0.1, 0.15) is 30.5 Å². The number of hydrogen-bond acceptors (Lipinski definition) is 4. The monoisotopic (exact) mass is 391 g/mol. The zero-order chi connectivity index (χ0) is 21.1. The summed E-state index contributed by atoms with van der Waals surface area (Å²) in [5, 5.41) is 0. The molecule has 3 rings (SSSR count). The van der Waals surface area contributed by atoms with Crippen molar-refractivity contribution in [2.75, 3.05) is 18.6 Å². The van der Waals surface area contributed by atoms with Crippen LogP contribution in [0.2, 0.25) is 0 Å². The number of carbonyl (C=O) groups is 2. The summed E-state index contributed by atoms with van der Waals surface area (Å²) >= 11 is 0. The van der Waals surface area contributed by atoms with Crippen LogP contribution >= 0.6 is 0 Å². The Morgan fingerprint density at radius 3 is 2.31 bits per heavy atom. The molecule has 1 heterocycles. The SMILES string of the molecule is CCOc1ccc(/C=C2\C(=O)N(c3ccc(C)c(C)c3)C(C)=C2C(=O)OC)cc1. The van der Waals surface area contributed by atoms with Gasteiger partial charge in [0.15, 0.2) is 0 Å². The van der Waals surface area contributed by atoms with Gasteiger partial charge in [-0.3, -0.25) is 9.69 Å². The minimum Gasteiger partial charge on any atom is -0.494 e. The van der Waals surface area contributed by atoms with Gasteiger partial charge in [0.1, 0.15) is 5.75 Å². The van der Waals surface area contributed by atoms with E-state index >= 15 is 0 Å². The fourth-order valence-electron chi connectivity index (χ4n) is 3.35. The fraction of sp³-hybridized carbons (Fsp3) is 0.250. The van der Waals surface area contributed by atoms with E-state index in [2.05, 4.69) is 0 Å². The molecule has 0 N–H and O–H groups in total.